The van der Waals surface area contributed by atoms with Crippen LogP contribution in [0.25, 0.3) is 11.1 Å². The smallest absolute Gasteiger partial charge is 0.303 e. The van der Waals surface area contributed by atoms with E-state index in [0.29, 0.717) is 18.8 Å². The highest BCUT2D eigenvalue weighted by atomic mass is 16.4. The van der Waals surface area contributed by atoms with Crippen LogP contribution in [0.3, 0.4) is 0 Å². The van der Waals surface area contributed by atoms with Crippen LogP contribution in [0.4, 0.5) is 0 Å². The maximum Gasteiger partial charge on any atom is 0.303 e. The van der Waals surface area contributed by atoms with Crippen molar-refractivity contribution in [1.82, 2.24) is 31.3 Å². The molecule has 0 bridgehead atoms. The summed E-state index contributed by atoms with van der Waals surface area (Å²) >= 11 is 0. The first-order valence-electron chi connectivity index (χ1n) is 11.8. The third kappa shape index (κ3) is 6.41. The summed E-state index contributed by atoms with van der Waals surface area (Å²) in [6.07, 6.45) is 3.31. The van der Waals surface area contributed by atoms with Gasteiger partial charge < -0.3 is 5.11 Å². The highest BCUT2D eigenvalue weighted by molar-refractivity contribution is 6.04. The molecule has 0 fully saturated rings. The molecule has 1 aliphatic heterocycles. The number of hydrogen-bond donors (Lipinski definition) is 4. The van der Waals surface area contributed by atoms with Gasteiger partial charge in [-0.1, -0.05) is 75.7 Å². The van der Waals surface area contributed by atoms with Crippen molar-refractivity contribution in [3.63, 3.8) is 0 Å². The van der Waals surface area contributed by atoms with Crippen molar-refractivity contribution >= 4 is 11.8 Å². The molecule has 0 aliphatic carbocycles. The summed E-state index contributed by atoms with van der Waals surface area (Å²) in [6.45, 7) is 6.74. The largest absolute Gasteiger partial charge is 0.481 e. The molecule has 9 heteroatoms. The molecule has 4 N–H and O–H groups in total. The predicted molar refractivity (Wildman–Crippen MR) is 133 cm³/mol. The number of unbranched alkanes of at least 4 members (excludes halogenated alkanes) is 1. The van der Waals surface area contributed by atoms with Crippen molar-refractivity contribution in [3.05, 3.63) is 71.3 Å². The molecule has 2 aromatic carbocycles. The van der Waals surface area contributed by atoms with E-state index in [1.165, 1.54) is 0 Å². The van der Waals surface area contributed by atoms with Gasteiger partial charge in [0, 0.05) is 18.4 Å². The molecule has 0 saturated heterocycles. The number of hydrazone groups is 1. The van der Waals surface area contributed by atoms with Gasteiger partial charge in [-0.3, -0.25) is 10.2 Å². The summed E-state index contributed by atoms with van der Waals surface area (Å²) in [4.78, 5) is 15.5. The number of carbonyl (C=O) groups is 1. The number of aromatic nitrogens is 3. The Balaban J connectivity index is 0.00000158. The Labute approximate surface area is 200 Å². The first kappa shape index (κ1) is 24.9. The average Bonchev–Trinajstić information content (AvgIpc) is 3.54. The van der Waals surface area contributed by atoms with E-state index in [1.54, 1.807) is 0 Å². The van der Waals surface area contributed by atoms with Crippen LogP contribution in [0.2, 0.25) is 0 Å². The lowest BCUT2D eigenvalue weighted by Crippen LogP contribution is -2.35. The Morgan fingerprint density at radius 1 is 1.03 bits per heavy atom. The number of nitrogens with one attached hydrogen (secondary N) is 3. The maximum atomic E-state index is 10.9. The molecule has 0 radical (unpaired) electrons. The number of hydrogen-bond acceptors (Lipinski definition) is 7. The molecule has 2 heterocycles. The summed E-state index contributed by atoms with van der Waals surface area (Å²) in [7, 11) is 0. The molecule has 1 aromatic heterocycles. The molecule has 3 aromatic rings. The van der Waals surface area contributed by atoms with Crippen LogP contribution in [0.1, 0.15) is 62.8 Å². The van der Waals surface area contributed by atoms with E-state index in [9.17, 15) is 4.79 Å². The molecule has 1 aliphatic rings. The van der Waals surface area contributed by atoms with Gasteiger partial charge in [0.25, 0.3) is 0 Å². The molecular weight excluding hydrogens is 430 g/mol. The third-order valence-electron chi connectivity index (χ3n) is 5.29. The zero-order chi connectivity index (χ0) is 24.3. The van der Waals surface area contributed by atoms with E-state index >= 15 is 0 Å². The molecule has 4 rings (SSSR count). The van der Waals surface area contributed by atoms with E-state index in [2.05, 4.69) is 68.9 Å². The second kappa shape index (κ2) is 12.5. The summed E-state index contributed by atoms with van der Waals surface area (Å²) in [5.41, 5.74) is 12.8. The van der Waals surface area contributed by atoms with Crippen molar-refractivity contribution in [2.45, 2.75) is 59.4 Å². The normalized spacial score (nSPS) is 12.3. The summed E-state index contributed by atoms with van der Waals surface area (Å²) in [5.74, 6) is 1.41. The number of amidine groups is 1. The zero-order valence-corrected chi connectivity index (χ0v) is 20.0. The van der Waals surface area contributed by atoms with E-state index in [0.717, 1.165) is 53.2 Å². The average molecular weight is 464 g/mol. The molecule has 0 amide bonds. The first-order chi connectivity index (χ1) is 16.6. The monoisotopic (exact) mass is 463 g/mol. The van der Waals surface area contributed by atoms with Crippen molar-refractivity contribution < 1.29 is 9.90 Å². The Bertz CT molecular complexity index is 1110. The van der Waals surface area contributed by atoms with Crippen molar-refractivity contribution in [2.24, 2.45) is 5.10 Å². The minimum absolute atomic E-state index is 0.0382. The Morgan fingerprint density at radius 2 is 1.76 bits per heavy atom. The van der Waals surface area contributed by atoms with Crippen LogP contribution in [-0.2, 0) is 24.2 Å². The predicted octanol–water partition coefficient (Wildman–Crippen LogP) is 3.65. The minimum atomic E-state index is -0.836. The first-order valence-corrected chi connectivity index (χ1v) is 11.8. The quantitative estimate of drug-likeness (QED) is 0.363. The van der Waals surface area contributed by atoms with Gasteiger partial charge in [-0.2, -0.15) is 5.10 Å². The van der Waals surface area contributed by atoms with Crippen molar-refractivity contribution in [3.8, 4) is 11.1 Å². The second-order valence-corrected chi connectivity index (χ2v) is 7.66. The summed E-state index contributed by atoms with van der Waals surface area (Å²) in [6, 6.07) is 16.5. The van der Waals surface area contributed by atoms with Crippen molar-refractivity contribution in [1.29, 1.82) is 0 Å². The lowest BCUT2D eigenvalue weighted by Gasteiger charge is -2.11. The molecule has 180 valence electrons. The summed E-state index contributed by atoms with van der Waals surface area (Å²) in [5, 5.41) is 17.8. The lowest BCUT2D eigenvalue weighted by atomic mass is 9.98. The molecule has 0 unspecified atom stereocenters. The lowest BCUT2D eigenvalue weighted by molar-refractivity contribution is -0.137. The van der Waals surface area contributed by atoms with Crippen LogP contribution >= 0.6 is 0 Å². The van der Waals surface area contributed by atoms with Crippen molar-refractivity contribution in [2.75, 3.05) is 0 Å². The maximum absolute atomic E-state index is 10.9. The van der Waals surface area contributed by atoms with Gasteiger partial charge in [-0.15, -0.1) is 10.6 Å². The van der Waals surface area contributed by atoms with Gasteiger partial charge in [-0.05, 0) is 23.1 Å². The molecule has 0 atom stereocenters. The van der Waals surface area contributed by atoms with Gasteiger partial charge in [0.05, 0.1) is 13.0 Å². The second-order valence-electron chi connectivity index (χ2n) is 7.66. The number of carboxylic acid groups (broad SMARTS) is 1. The molecular formula is C25H33N7O2. The molecule has 0 spiro atoms. The SMILES string of the molecule is CC.CCCCc1nc(CCC(=O)O)nn1Cc1ccc(-c2ccccc2C2=NNNN2)cc1. The van der Waals surface area contributed by atoms with Gasteiger partial charge in [-0.25, -0.2) is 15.2 Å². The van der Waals surface area contributed by atoms with Crippen LogP contribution < -0.4 is 16.5 Å². The Morgan fingerprint density at radius 3 is 2.41 bits per heavy atom. The topological polar surface area (TPSA) is 116 Å². The van der Waals surface area contributed by atoms with Gasteiger partial charge in [0.15, 0.2) is 11.7 Å². The number of hydrazine groups is 2. The fourth-order valence-corrected chi connectivity index (χ4v) is 3.63. The molecule has 34 heavy (non-hydrogen) atoms. The van der Waals surface area contributed by atoms with Gasteiger partial charge in [0.1, 0.15) is 5.82 Å². The zero-order valence-electron chi connectivity index (χ0n) is 20.0. The minimum Gasteiger partial charge on any atom is -0.481 e. The molecule has 0 saturated carbocycles. The van der Waals surface area contributed by atoms with Crippen LogP contribution in [0.5, 0.6) is 0 Å². The number of carboxylic acids is 1. The standard InChI is InChI=1S/C23H27N7O2.C2H6/c1-2-3-8-21-24-20(13-14-22(31)32)27-30(21)15-16-9-11-17(12-10-16)18-6-4-5-7-19(18)23-25-28-29-26-23;1-2/h4-7,9-12,28-29H,2-3,8,13-15H2,1H3,(H,25,26)(H,31,32);1-2H3. The van der Waals surface area contributed by atoms with E-state index in [1.807, 2.05) is 36.7 Å². The Hall–Kier alpha value is -3.72. The fourth-order valence-electron chi connectivity index (χ4n) is 3.63. The number of nitrogens with zero attached hydrogens (tertiary/aromatic N) is 4. The van der Waals surface area contributed by atoms with Crippen LogP contribution in [0.15, 0.2) is 53.6 Å². The number of aryl methyl sites for hydroxylation is 2. The highest BCUT2D eigenvalue weighted by Crippen LogP contribution is 2.25. The van der Waals surface area contributed by atoms with Crippen LogP contribution in [0, 0.1) is 0 Å². The Kier molecular flexibility index (Phi) is 9.16. The number of aliphatic carboxylic acids is 1. The van der Waals surface area contributed by atoms with Gasteiger partial charge >= 0.3 is 5.97 Å². The van der Waals surface area contributed by atoms with E-state index in [4.69, 9.17) is 5.11 Å². The molecule has 9 nitrogen and oxygen atoms in total. The number of benzene rings is 2. The van der Waals surface area contributed by atoms with E-state index < -0.39 is 5.97 Å². The van der Waals surface area contributed by atoms with E-state index in [-0.39, 0.29) is 6.42 Å². The fraction of sp³-hybridized carbons (Fsp3) is 0.360. The van der Waals surface area contributed by atoms with Crippen LogP contribution in [-0.4, -0.2) is 31.7 Å². The van der Waals surface area contributed by atoms with Gasteiger partial charge in [0.2, 0.25) is 0 Å². The number of rotatable bonds is 10. The highest BCUT2D eigenvalue weighted by Gasteiger charge is 2.14. The summed E-state index contributed by atoms with van der Waals surface area (Å²) < 4.78 is 1.91. The third-order valence-corrected chi connectivity index (χ3v) is 5.29.